The minimum atomic E-state index is -3.71. The van der Waals surface area contributed by atoms with E-state index in [1.54, 1.807) is 30.9 Å². The van der Waals surface area contributed by atoms with Crippen molar-refractivity contribution in [1.29, 1.82) is 0 Å². The summed E-state index contributed by atoms with van der Waals surface area (Å²) < 4.78 is 43.5. The van der Waals surface area contributed by atoms with Gasteiger partial charge in [0.1, 0.15) is 17.2 Å². The molecule has 0 saturated carbocycles. The van der Waals surface area contributed by atoms with Crippen molar-refractivity contribution in [2.24, 2.45) is 0 Å². The molecular weight excluding hydrogens is 386 g/mol. The SMILES string of the molecule is Cc1noc(C)c1S(=O)(=O)N1CCN(C(=O)[C@H]2COc3ccccc3O2)CC1. The van der Waals surface area contributed by atoms with Gasteiger partial charge in [-0.1, -0.05) is 17.3 Å². The van der Waals surface area contributed by atoms with Gasteiger partial charge in [0, 0.05) is 26.2 Å². The Morgan fingerprint density at radius 1 is 1.11 bits per heavy atom. The van der Waals surface area contributed by atoms with Crippen LogP contribution >= 0.6 is 0 Å². The maximum atomic E-state index is 12.9. The van der Waals surface area contributed by atoms with Crippen LogP contribution in [0.4, 0.5) is 0 Å². The second-order valence-electron chi connectivity index (χ2n) is 6.75. The second kappa shape index (κ2) is 7.10. The number of ether oxygens (including phenoxy) is 2. The van der Waals surface area contributed by atoms with E-state index in [-0.39, 0.29) is 49.3 Å². The number of benzene rings is 1. The normalized spacial score (nSPS) is 20.2. The molecule has 9 nitrogen and oxygen atoms in total. The van der Waals surface area contributed by atoms with Crippen molar-refractivity contribution in [2.75, 3.05) is 32.8 Å². The minimum absolute atomic E-state index is 0.105. The summed E-state index contributed by atoms with van der Waals surface area (Å²) in [6, 6.07) is 7.19. The molecule has 1 aromatic heterocycles. The third-order valence-corrected chi connectivity index (χ3v) is 7.04. The number of nitrogens with zero attached hydrogens (tertiary/aromatic N) is 3. The van der Waals surface area contributed by atoms with E-state index in [1.807, 2.05) is 12.1 Å². The van der Waals surface area contributed by atoms with Crippen LogP contribution in [0.5, 0.6) is 11.5 Å². The van der Waals surface area contributed by atoms with Crippen LogP contribution in [0.15, 0.2) is 33.7 Å². The van der Waals surface area contributed by atoms with Crippen LogP contribution in [-0.4, -0.2) is 67.6 Å². The van der Waals surface area contributed by atoms with Crippen LogP contribution in [0.2, 0.25) is 0 Å². The van der Waals surface area contributed by atoms with Gasteiger partial charge in [-0.05, 0) is 26.0 Å². The highest BCUT2D eigenvalue weighted by Gasteiger charge is 2.37. The van der Waals surface area contributed by atoms with Gasteiger partial charge < -0.3 is 18.9 Å². The fraction of sp³-hybridized carbons (Fsp3) is 0.444. The third-order valence-electron chi connectivity index (χ3n) is 4.90. The van der Waals surface area contributed by atoms with Crippen LogP contribution in [0.25, 0.3) is 0 Å². The Hall–Kier alpha value is -2.59. The highest BCUT2D eigenvalue weighted by Crippen LogP contribution is 2.31. The van der Waals surface area contributed by atoms with Crippen molar-refractivity contribution in [3.05, 3.63) is 35.7 Å². The Balaban J connectivity index is 1.41. The predicted molar refractivity (Wildman–Crippen MR) is 97.7 cm³/mol. The fourth-order valence-corrected chi connectivity index (χ4v) is 5.18. The molecule has 10 heteroatoms. The summed E-state index contributed by atoms with van der Waals surface area (Å²) in [4.78, 5) is 14.5. The van der Waals surface area contributed by atoms with Crippen LogP contribution in [0.1, 0.15) is 11.5 Å². The van der Waals surface area contributed by atoms with E-state index in [1.165, 1.54) is 4.31 Å². The van der Waals surface area contributed by atoms with E-state index in [0.717, 1.165) is 0 Å². The van der Waals surface area contributed by atoms with Crippen LogP contribution in [0, 0.1) is 13.8 Å². The van der Waals surface area contributed by atoms with E-state index in [4.69, 9.17) is 14.0 Å². The van der Waals surface area contributed by atoms with Crippen LogP contribution in [-0.2, 0) is 14.8 Å². The second-order valence-corrected chi connectivity index (χ2v) is 8.62. The first-order valence-corrected chi connectivity index (χ1v) is 10.4. The molecule has 1 amide bonds. The molecule has 1 atom stereocenters. The van der Waals surface area contributed by atoms with E-state index in [2.05, 4.69) is 5.16 Å². The van der Waals surface area contributed by atoms with Crippen LogP contribution in [0.3, 0.4) is 0 Å². The molecule has 1 fully saturated rings. The number of sulfonamides is 1. The zero-order chi connectivity index (χ0) is 19.9. The minimum Gasteiger partial charge on any atom is -0.485 e. The number of aromatic nitrogens is 1. The maximum Gasteiger partial charge on any atom is 0.267 e. The first kappa shape index (κ1) is 18.8. The number of carbonyl (C=O) groups excluding carboxylic acids is 1. The summed E-state index contributed by atoms with van der Waals surface area (Å²) in [7, 11) is -3.71. The quantitative estimate of drug-likeness (QED) is 0.747. The van der Waals surface area contributed by atoms with Crippen molar-refractivity contribution in [3.8, 4) is 11.5 Å². The van der Waals surface area contributed by atoms with Gasteiger partial charge in [-0.15, -0.1) is 0 Å². The number of rotatable bonds is 3. The number of amides is 1. The van der Waals surface area contributed by atoms with Crippen LogP contribution < -0.4 is 9.47 Å². The summed E-state index contributed by atoms with van der Waals surface area (Å²) in [5.74, 6) is 1.21. The Morgan fingerprint density at radius 2 is 1.79 bits per heavy atom. The largest absolute Gasteiger partial charge is 0.485 e. The molecule has 2 aliphatic rings. The van der Waals surface area contributed by atoms with Gasteiger partial charge in [-0.2, -0.15) is 4.31 Å². The number of hydrogen-bond donors (Lipinski definition) is 0. The summed E-state index contributed by atoms with van der Waals surface area (Å²) in [5.41, 5.74) is 0.336. The smallest absolute Gasteiger partial charge is 0.267 e. The molecular formula is C18H21N3O6S. The average molecular weight is 407 g/mol. The number of aryl methyl sites for hydroxylation is 2. The number of carbonyl (C=O) groups is 1. The van der Waals surface area contributed by atoms with Crippen molar-refractivity contribution in [2.45, 2.75) is 24.8 Å². The van der Waals surface area contributed by atoms with Crippen molar-refractivity contribution < 1.29 is 27.2 Å². The molecule has 0 bridgehead atoms. The fourth-order valence-electron chi connectivity index (χ4n) is 3.47. The lowest BCUT2D eigenvalue weighted by atomic mass is 10.2. The molecule has 150 valence electrons. The average Bonchev–Trinajstić information content (AvgIpc) is 3.06. The first-order chi connectivity index (χ1) is 13.4. The summed E-state index contributed by atoms with van der Waals surface area (Å²) in [5, 5.41) is 3.72. The molecule has 0 aliphatic carbocycles. The number of para-hydroxylation sites is 2. The Kier molecular flexibility index (Phi) is 4.76. The number of fused-ring (bicyclic) bond motifs is 1. The van der Waals surface area contributed by atoms with Gasteiger partial charge in [0.2, 0.25) is 16.1 Å². The van der Waals surface area contributed by atoms with Crippen molar-refractivity contribution in [1.82, 2.24) is 14.4 Å². The van der Waals surface area contributed by atoms with Crippen molar-refractivity contribution >= 4 is 15.9 Å². The summed E-state index contributed by atoms with van der Waals surface area (Å²) in [6.07, 6.45) is -0.736. The topological polar surface area (TPSA) is 102 Å². The zero-order valence-electron chi connectivity index (χ0n) is 15.6. The van der Waals surface area contributed by atoms with E-state index in [0.29, 0.717) is 17.2 Å². The van der Waals surface area contributed by atoms with Crippen molar-refractivity contribution in [3.63, 3.8) is 0 Å². The molecule has 0 N–H and O–H groups in total. The summed E-state index contributed by atoms with van der Waals surface area (Å²) >= 11 is 0. The zero-order valence-corrected chi connectivity index (χ0v) is 16.4. The Bertz CT molecular complexity index is 975. The molecule has 0 spiro atoms. The van der Waals surface area contributed by atoms with Gasteiger partial charge in [-0.3, -0.25) is 4.79 Å². The first-order valence-electron chi connectivity index (χ1n) is 8.98. The molecule has 28 heavy (non-hydrogen) atoms. The molecule has 0 radical (unpaired) electrons. The molecule has 1 aromatic carbocycles. The lowest BCUT2D eigenvalue weighted by Crippen LogP contribution is -2.55. The lowest BCUT2D eigenvalue weighted by molar-refractivity contribution is -0.142. The van der Waals surface area contributed by atoms with E-state index >= 15 is 0 Å². The highest BCUT2D eigenvalue weighted by atomic mass is 32.2. The standard InChI is InChI=1S/C18H21N3O6S/c1-12-17(13(2)27-19-12)28(23,24)21-9-7-20(8-10-21)18(22)16-11-25-14-5-3-4-6-15(14)26-16/h3-6,16H,7-11H2,1-2H3/t16-/m1/s1. The van der Waals surface area contributed by atoms with Gasteiger partial charge >= 0.3 is 0 Å². The predicted octanol–water partition coefficient (Wildman–Crippen LogP) is 0.964. The molecule has 4 rings (SSSR count). The Morgan fingerprint density at radius 3 is 2.43 bits per heavy atom. The molecule has 3 heterocycles. The molecule has 2 aliphatic heterocycles. The van der Waals surface area contributed by atoms with Gasteiger partial charge in [-0.25, -0.2) is 8.42 Å². The molecule has 0 unspecified atom stereocenters. The van der Waals surface area contributed by atoms with Gasteiger partial charge in [0.25, 0.3) is 5.91 Å². The lowest BCUT2D eigenvalue weighted by Gasteiger charge is -2.36. The Labute approximate surface area is 162 Å². The molecule has 2 aromatic rings. The summed E-state index contributed by atoms with van der Waals surface area (Å²) in [6.45, 7) is 4.26. The van der Waals surface area contributed by atoms with E-state index < -0.39 is 16.1 Å². The van der Waals surface area contributed by atoms with E-state index in [9.17, 15) is 13.2 Å². The van der Waals surface area contributed by atoms with Gasteiger partial charge in [0.05, 0.1) is 0 Å². The number of piperazine rings is 1. The maximum absolute atomic E-state index is 12.9. The van der Waals surface area contributed by atoms with Gasteiger partial charge in [0.15, 0.2) is 17.3 Å². The monoisotopic (exact) mass is 407 g/mol. The molecule has 1 saturated heterocycles. The highest BCUT2D eigenvalue weighted by molar-refractivity contribution is 7.89. The third kappa shape index (κ3) is 3.22. The number of hydrogen-bond acceptors (Lipinski definition) is 7.